The van der Waals surface area contributed by atoms with Gasteiger partial charge in [0.1, 0.15) is 0 Å². The Hall–Kier alpha value is -0.200. The Labute approximate surface area is 184 Å². The first-order valence-electron chi connectivity index (χ1n) is 11.4. The average Bonchev–Trinajstić information content (AvgIpc) is 2.71. The Kier molecular flexibility index (Phi) is 19.8. The lowest BCUT2D eigenvalue weighted by Gasteiger charge is -2.30. The van der Waals surface area contributed by atoms with Crippen LogP contribution in [0.3, 0.4) is 0 Å². The molecule has 0 unspecified atom stereocenters. The maximum Gasteiger partial charge on any atom is 0.0594 e. The standard InChI is InChI=1S/C8H17N.C7H16N2.C7H15NO.2CH4/c1-8(2)9-6-4-3-5-7-9;1-7(2)9-5-3-8-4-6-9;1-7(2)8-3-5-9-6-4-8;;/h8H,3-7H2,1-2H3;7-8H,3-6H2,1-2H3;7H,3-6H2,1-2H3;2*1H4. The molecule has 178 valence electrons. The largest absolute Gasteiger partial charge is 0.379 e. The normalized spacial score (nSPS) is 21.4. The zero-order valence-electron chi connectivity index (χ0n) is 19.2. The molecule has 29 heavy (non-hydrogen) atoms. The van der Waals surface area contributed by atoms with Crippen LogP contribution >= 0.6 is 0 Å². The van der Waals surface area contributed by atoms with Crippen LogP contribution in [0.25, 0.3) is 0 Å². The van der Waals surface area contributed by atoms with Gasteiger partial charge in [-0.3, -0.25) is 9.80 Å². The first-order valence-corrected chi connectivity index (χ1v) is 11.4. The van der Waals surface area contributed by atoms with Crippen LogP contribution in [0.1, 0.15) is 75.7 Å². The molecule has 0 aliphatic carbocycles. The number of likely N-dealkylation sites (tertiary alicyclic amines) is 1. The highest BCUT2D eigenvalue weighted by atomic mass is 16.5. The molecule has 0 aromatic heterocycles. The van der Waals surface area contributed by atoms with Gasteiger partial charge in [-0.05, 0) is 67.5 Å². The fraction of sp³-hybridized carbons (Fsp3) is 1.00. The Morgan fingerprint density at radius 3 is 1.24 bits per heavy atom. The number of ether oxygens (including phenoxy) is 1. The SMILES string of the molecule is C.C.CC(C)N1CCCCC1.CC(C)N1CCNCC1.CC(C)N1CCOCC1. The van der Waals surface area contributed by atoms with Gasteiger partial charge in [0, 0.05) is 57.4 Å². The fourth-order valence-corrected chi connectivity index (χ4v) is 3.73. The molecule has 0 saturated carbocycles. The van der Waals surface area contributed by atoms with Crippen molar-refractivity contribution in [2.45, 2.75) is 93.8 Å². The second-order valence-corrected chi connectivity index (χ2v) is 8.81. The van der Waals surface area contributed by atoms with Crippen molar-refractivity contribution < 1.29 is 4.74 Å². The number of hydrogen-bond donors (Lipinski definition) is 1. The van der Waals surface area contributed by atoms with Gasteiger partial charge >= 0.3 is 0 Å². The van der Waals surface area contributed by atoms with Gasteiger partial charge in [-0.1, -0.05) is 21.3 Å². The highest BCUT2D eigenvalue weighted by Crippen LogP contribution is 2.10. The van der Waals surface area contributed by atoms with Crippen LogP contribution in [0.5, 0.6) is 0 Å². The Morgan fingerprint density at radius 1 is 0.552 bits per heavy atom. The van der Waals surface area contributed by atoms with Gasteiger partial charge in [-0.25, -0.2) is 0 Å². The lowest BCUT2D eigenvalue weighted by Crippen LogP contribution is -2.46. The molecule has 1 N–H and O–H groups in total. The molecule has 3 saturated heterocycles. The minimum Gasteiger partial charge on any atom is -0.379 e. The Bertz CT molecular complexity index is 279. The van der Waals surface area contributed by atoms with E-state index in [1.165, 1.54) is 45.4 Å². The van der Waals surface area contributed by atoms with Crippen LogP contribution in [-0.2, 0) is 4.74 Å². The summed E-state index contributed by atoms with van der Waals surface area (Å²) in [6, 6.07) is 2.19. The van der Waals surface area contributed by atoms with E-state index in [0.717, 1.165) is 51.5 Å². The third-order valence-electron chi connectivity index (χ3n) is 5.78. The van der Waals surface area contributed by atoms with Gasteiger partial charge in [-0.2, -0.15) is 0 Å². The summed E-state index contributed by atoms with van der Waals surface area (Å²) in [5.74, 6) is 0. The lowest BCUT2D eigenvalue weighted by molar-refractivity contribution is 0.0238. The summed E-state index contributed by atoms with van der Waals surface area (Å²) in [5, 5.41) is 3.33. The first kappa shape index (κ1) is 31.0. The van der Waals surface area contributed by atoms with Crippen LogP contribution in [-0.4, -0.2) is 98.4 Å². The summed E-state index contributed by atoms with van der Waals surface area (Å²) in [6.45, 7) is 25.0. The van der Waals surface area contributed by atoms with Gasteiger partial charge in [0.05, 0.1) is 13.2 Å². The van der Waals surface area contributed by atoms with Crippen molar-refractivity contribution in [1.29, 1.82) is 0 Å². The van der Waals surface area contributed by atoms with Gasteiger partial charge in [0.15, 0.2) is 0 Å². The van der Waals surface area contributed by atoms with E-state index in [0.29, 0.717) is 6.04 Å². The maximum absolute atomic E-state index is 5.21. The number of hydrogen-bond acceptors (Lipinski definition) is 5. The molecule has 0 atom stereocenters. The molecule has 3 fully saturated rings. The summed E-state index contributed by atoms with van der Waals surface area (Å²) in [6.07, 6.45) is 4.28. The molecule has 3 aliphatic heterocycles. The molecule has 3 rings (SSSR count). The molecule has 0 radical (unpaired) electrons. The van der Waals surface area contributed by atoms with Crippen molar-refractivity contribution in [3.8, 4) is 0 Å². The van der Waals surface area contributed by atoms with Crippen molar-refractivity contribution in [1.82, 2.24) is 20.0 Å². The van der Waals surface area contributed by atoms with E-state index in [1.807, 2.05) is 0 Å². The Morgan fingerprint density at radius 2 is 0.931 bits per heavy atom. The van der Waals surface area contributed by atoms with Crippen molar-refractivity contribution in [3.63, 3.8) is 0 Å². The molecule has 0 aromatic carbocycles. The zero-order chi connectivity index (χ0) is 20.1. The van der Waals surface area contributed by atoms with Crippen LogP contribution in [0.15, 0.2) is 0 Å². The highest BCUT2D eigenvalue weighted by molar-refractivity contribution is 4.70. The van der Waals surface area contributed by atoms with Gasteiger partial charge in [0.2, 0.25) is 0 Å². The number of piperidine rings is 1. The van der Waals surface area contributed by atoms with E-state index in [1.54, 1.807) is 0 Å². The first-order chi connectivity index (χ1) is 12.9. The number of piperazine rings is 1. The van der Waals surface area contributed by atoms with Crippen LogP contribution in [0, 0.1) is 0 Å². The van der Waals surface area contributed by atoms with Crippen molar-refractivity contribution in [2.75, 3.05) is 65.6 Å². The summed E-state index contributed by atoms with van der Waals surface area (Å²) in [7, 11) is 0. The molecule has 0 amide bonds. The van der Waals surface area contributed by atoms with E-state index in [4.69, 9.17) is 4.74 Å². The Balaban J connectivity index is 0. The average molecular weight is 417 g/mol. The smallest absolute Gasteiger partial charge is 0.0594 e. The van der Waals surface area contributed by atoms with Crippen molar-refractivity contribution in [3.05, 3.63) is 0 Å². The minimum absolute atomic E-state index is 0. The predicted molar refractivity (Wildman–Crippen MR) is 131 cm³/mol. The maximum atomic E-state index is 5.21. The molecule has 5 heteroatoms. The molecule has 0 bridgehead atoms. The fourth-order valence-electron chi connectivity index (χ4n) is 3.73. The monoisotopic (exact) mass is 416 g/mol. The van der Waals surface area contributed by atoms with E-state index < -0.39 is 0 Å². The van der Waals surface area contributed by atoms with E-state index in [9.17, 15) is 0 Å². The van der Waals surface area contributed by atoms with Gasteiger partial charge in [-0.15, -0.1) is 0 Å². The second kappa shape index (κ2) is 18.6. The molecular weight excluding hydrogens is 360 g/mol. The van der Waals surface area contributed by atoms with Crippen LogP contribution < -0.4 is 5.32 Å². The summed E-state index contributed by atoms with van der Waals surface area (Å²) >= 11 is 0. The molecule has 0 aromatic rings. The zero-order valence-corrected chi connectivity index (χ0v) is 19.2. The van der Waals surface area contributed by atoms with Crippen LogP contribution in [0.4, 0.5) is 0 Å². The summed E-state index contributed by atoms with van der Waals surface area (Å²) in [4.78, 5) is 7.49. The molecule has 5 nitrogen and oxygen atoms in total. The van der Waals surface area contributed by atoms with Crippen molar-refractivity contribution in [2.24, 2.45) is 0 Å². The van der Waals surface area contributed by atoms with Crippen LogP contribution in [0.2, 0.25) is 0 Å². The summed E-state index contributed by atoms with van der Waals surface area (Å²) in [5.41, 5.74) is 0. The highest BCUT2D eigenvalue weighted by Gasteiger charge is 2.13. The number of rotatable bonds is 3. The molecule has 0 spiro atoms. The second-order valence-electron chi connectivity index (χ2n) is 8.81. The number of nitrogens with zero attached hydrogens (tertiary/aromatic N) is 3. The third kappa shape index (κ3) is 14.4. The number of morpholine rings is 1. The van der Waals surface area contributed by atoms with E-state index >= 15 is 0 Å². The van der Waals surface area contributed by atoms with Gasteiger partial charge < -0.3 is 15.0 Å². The van der Waals surface area contributed by atoms with E-state index in [-0.39, 0.29) is 14.9 Å². The molecular formula is C24H56N4O. The van der Waals surface area contributed by atoms with Crippen molar-refractivity contribution >= 4 is 0 Å². The lowest BCUT2D eigenvalue weighted by atomic mass is 10.1. The topological polar surface area (TPSA) is 31.0 Å². The van der Waals surface area contributed by atoms with E-state index in [2.05, 4.69) is 61.6 Å². The third-order valence-corrected chi connectivity index (χ3v) is 5.78. The molecule has 3 heterocycles. The quantitative estimate of drug-likeness (QED) is 0.746. The van der Waals surface area contributed by atoms with Gasteiger partial charge in [0.25, 0.3) is 0 Å². The minimum atomic E-state index is 0. The molecule has 3 aliphatic rings. The number of nitrogens with one attached hydrogen (secondary N) is 1. The summed E-state index contributed by atoms with van der Waals surface area (Å²) < 4.78 is 5.21. The predicted octanol–water partition coefficient (Wildman–Crippen LogP) is 4.18.